The molecule has 0 unspecified atom stereocenters. The lowest BCUT2D eigenvalue weighted by Gasteiger charge is -2.02. The fourth-order valence-electron chi connectivity index (χ4n) is 1.34. The van der Waals surface area contributed by atoms with Crippen molar-refractivity contribution in [2.24, 2.45) is 0 Å². The zero-order valence-electron chi connectivity index (χ0n) is 7.88. The molecule has 3 heteroatoms. The Bertz CT molecular complexity index is 515. The molecule has 2 aromatic rings. The third-order valence-electron chi connectivity index (χ3n) is 2.11. The summed E-state index contributed by atoms with van der Waals surface area (Å²) in [5, 5.41) is 18.1. The average Bonchev–Trinajstić information content (AvgIpc) is 2.31. The molecule has 0 fully saturated rings. The van der Waals surface area contributed by atoms with Gasteiger partial charge in [0, 0.05) is 18.0 Å². The molecule has 72 valence electrons. The lowest BCUT2D eigenvalue weighted by Crippen LogP contribution is -1.82. The van der Waals surface area contributed by atoms with Gasteiger partial charge in [0.05, 0.1) is 5.56 Å². The van der Waals surface area contributed by atoms with Crippen LogP contribution in [-0.2, 0) is 0 Å². The van der Waals surface area contributed by atoms with Gasteiger partial charge in [0.25, 0.3) is 0 Å². The summed E-state index contributed by atoms with van der Waals surface area (Å²) in [6, 6.07) is 10.6. The first-order valence-corrected chi connectivity index (χ1v) is 4.45. The maximum absolute atomic E-state index is 9.34. The molecule has 2 rings (SSSR count). The molecule has 1 aromatic carbocycles. The molecule has 0 bridgehead atoms. The van der Waals surface area contributed by atoms with E-state index >= 15 is 0 Å². The van der Waals surface area contributed by atoms with Gasteiger partial charge in [-0.2, -0.15) is 5.26 Å². The van der Waals surface area contributed by atoms with Gasteiger partial charge in [0.2, 0.25) is 0 Å². The number of nitriles is 1. The van der Waals surface area contributed by atoms with Gasteiger partial charge < -0.3 is 5.11 Å². The monoisotopic (exact) mass is 196 g/mol. The highest BCUT2D eigenvalue weighted by atomic mass is 16.3. The molecule has 0 aliphatic heterocycles. The number of rotatable bonds is 1. The number of hydrogen-bond acceptors (Lipinski definition) is 3. The number of nitrogens with zero attached hydrogens (tertiary/aromatic N) is 2. The first-order chi connectivity index (χ1) is 7.31. The Kier molecular flexibility index (Phi) is 2.34. The van der Waals surface area contributed by atoms with Crippen LogP contribution in [0.25, 0.3) is 11.1 Å². The van der Waals surface area contributed by atoms with Crippen LogP contribution in [0.4, 0.5) is 0 Å². The Balaban J connectivity index is 2.52. The number of pyridine rings is 1. The van der Waals surface area contributed by atoms with Crippen LogP contribution >= 0.6 is 0 Å². The Morgan fingerprint density at radius 2 is 2.07 bits per heavy atom. The molecule has 0 aliphatic rings. The maximum atomic E-state index is 9.34. The zero-order valence-corrected chi connectivity index (χ0v) is 7.88. The lowest BCUT2D eigenvalue weighted by molar-refractivity contribution is 0.473. The highest BCUT2D eigenvalue weighted by Crippen LogP contribution is 2.24. The van der Waals surface area contributed by atoms with E-state index in [1.807, 2.05) is 18.2 Å². The van der Waals surface area contributed by atoms with Crippen LogP contribution < -0.4 is 0 Å². The van der Waals surface area contributed by atoms with Gasteiger partial charge in [-0.25, -0.2) is 0 Å². The van der Waals surface area contributed by atoms with Crippen molar-refractivity contribution in [3.05, 3.63) is 48.3 Å². The Morgan fingerprint density at radius 1 is 1.20 bits per heavy atom. The van der Waals surface area contributed by atoms with Crippen molar-refractivity contribution in [2.45, 2.75) is 0 Å². The predicted molar refractivity (Wildman–Crippen MR) is 56.1 cm³/mol. The van der Waals surface area contributed by atoms with Gasteiger partial charge >= 0.3 is 0 Å². The smallest absolute Gasteiger partial charge is 0.133 e. The number of benzene rings is 1. The largest absolute Gasteiger partial charge is 0.507 e. The molecule has 0 aliphatic carbocycles. The molecule has 0 amide bonds. The van der Waals surface area contributed by atoms with Crippen LogP contribution in [0.15, 0.2) is 42.7 Å². The van der Waals surface area contributed by atoms with Crippen molar-refractivity contribution < 1.29 is 5.11 Å². The van der Waals surface area contributed by atoms with Crippen LogP contribution in [-0.4, -0.2) is 10.1 Å². The van der Waals surface area contributed by atoms with E-state index in [9.17, 15) is 5.11 Å². The minimum Gasteiger partial charge on any atom is -0.507 e. The summed E-state index contributed by atoms with van der Waals surface area (Å²) in [5.41, 5.74) is 2.07. The number of hydrogen-bond donors (Lipinski definition) is 1. The van der Waals surface area contributed by atoms with Crippen LogP contribution in [0.5, 0.6) is 5.75 Å². The molecule has 0 atom stereocenters. The fraction of sp³-hybridized carbons (Fsp3) is 0. The third kappa shape index (κ3) is 1.79. The topological polar surface area (TPSA) is 56.9 Å². The highest BCUT2D eigenvalue weighted by molar-refractivity contribution is 5.66. The van der Waals surface area contributed by atoms with Gasteiger partial charge in [0.15, 0.2) is 0 Å². The summed E-state index contributed by atoms with van der Waals surface area (Å²) in [6.45, 7) is 0. The Labute approximate surface area is 87.3 Å². The second-order valence-corrected chi connectivity index (χ2v) is 3.09. The van der Waals surface area contributed by atoms with Gasteiger partial charge in [-0.05, 0) is 23.8 Å². The molecular weight excluding hydrogens is 188 g/mol. The minimum atomic E-state index is 0.00476. The minimum absolute atomic E-state index is 0.00476. The van der Waals surface area contributed by atoms with Gasteiger partial charge in [-0.1, -0.05) is 12.1 Å². The van der Waals surface area contributed by atoms with E-state index in [1.54, 1.807) is 24.5 Å². The third-order valence-corrected chi connectivity index (χ3v) is 2.11. The number of phenolic OH excluding ortho intramolecular Hbond substituents is 1. The van der Waals surface area contributed by atoms with Crippen molar-refractivity contribution in [1.29, 1.82) is 5.26 Å². The molecular formula is C12H8N2O. The van der Waals surface area contributed by atoms with Crippen molar-refractivity contribution in [2.75, 3.05) is 0 Å². The van der Waals surface area contributed by atoms with E-state index < -0.39 is 0 Å². The standard InChI is InChI=1S/C12H8N2O/c13-7-11-6-9(3-4-12(11)15)10-2-1-5-14-8-10/h1-6,8,15H. The van der Waals surface area contributed by atoms with Gasteiger partial charge in [-0.15, -0.1) is 0 Å². The second-order valence-electron chi connectivity index (χ2n) is 3.09. The molecule has 1 N–H and O–H groups in total. The molecule has 3 nitrogen and oxygen atoms in total. The van der Waals surface area contributed by atoms with Crippen molar-refractivity contribution >= 4 is 0 Å². The maximum Gasteiger partial charge on any atom is 0.133 e. The first-order valence-electron chi connectivity index (χ1n) is 4.45. The number of phenols is 1. The van der Waals surface area contributed by atoms with E-state index in [2.05, 4.69) is 4.98 Å². The van der Waals surface area contributed by atoms with E-state index in [0.717, 1.165) is 11.1 Å². The van der Waals surface area contributed by atoms with Crippen molar-refractivity contribution in [3.63, 3.8) is 0 Å². The Morgan fingerprint density at radius 3 is 2.73 bits per heavy atom. The summed E-state index contributed by atoms with van der Waals surface area (Å²) in [4.78, 5) is 3.99. The predicted octanol–water partition coefficient (Wildman–Crippen LogP) is 2.33. The molecule has 0 radical (unpaired) electrons. The van der Waals surface area contributed by atoms with Gasteiger partial charge in [-0.3, -0.25) is 4.98 Å². The number of aromatic hydroxyl groups is 1. The number of aromatic nitrogens is 1. The summed E-state index contributed by atoms with van der Waals surface area (Å²) in [6.07, 6.45) is 3.41. The summed E-state index contributed by atoms with van der Waals surface area (Å²) in [7, 11) is 0. The quantitative estimate of drug-likeness (QED) is 0.761. The molecule has 1 heterocycles. The summed E-state index contributed by atoms with van der Waals surface area (Å²) in [5.74, 6) is 0.00476. The molecule has 15 heavy (non-hydrogen) atoms. The summed E-state index contributed by atoms with van der Waals surface area (Å²) < 4.78 is 0. The lowest BCUT2D eigenvalue weighted by atomic mass is 10.0. The Hall–Kier alpha value is -2.34. The van der Waals surface area contributed by atoms with Crippen LogP contribution in [0.2, 0.25) is 0 Å². The SMILES string of the molecule is N#Cc1cc(-c2cccnc2)ccc1O. The van der Waals surface area contributed by atoms with Crippen LogP contribution in [0.1, 0.15) is 5.56 Å². The van der Waals surface area contributed by atoms with E-state index in [0.29, 0.717) is 0 Å². The van der Waals surface area contributed by atoms with Gasteiger partial charge in [0.1, 0.15) is 11.8 Å². The summed E-state index contributed by atoms with van der Waals surface area (Å²) >= 11 is 0. The first kappa shape index (κ1) is 9.22. The molecule has 0 saturated heterocycles. The van der Waals surface area contributed by atoms with E-state index in [4.69, 9.17) is 5.26 Å². The molecule has 0 spiro atoms. The van der Waals surface area contributed by atoms with E-state index in [1.165, 1.54) is 6.07 Å². The molecule has 0 saturated carbocycles. The normalized spacial score (nSPS) is 9.53. The van der Waals surface area contributed by atoms with Crippen LogP contribution in [0, 0.1) is 11.3 Å². The van der Waals surface area contributed by atoms with Crippen molar-refractivity contribution in [3.8, 4) is 22.9 Å². The fourth-order valence-corrected chi connectivity index (χ4v) is 1.34. The highest BCUT2D eigenvalue weighted by Gasteiger charge is 2.03. The average molecular weight is 196 g/mol. The zero-order chi connectivity index (χ0) is 10.7. The second kappa shape index (κ2) is 3.81. The van der Waals surface area contributed by atoms with E-state index in [-0.39, 0.29) is 11.3 Å². The molecule has 1 aromatic heterocycles. The van der Waals surface area contributed by atoms with Crippen LogP contribution in [0.3, 0.4) is 0 Å². The van der Waals surface area contributed by atoms with Crippen molar-refractivity contribution in [1.82, 2.24) is 4.98 Å².